The van der Waals surface area contributed by atoms with Gasteiger partial charge in [0.05, 0.1) is 4.92 Å². The molecule has 1 N–H and O–H groups in total. The summed E-state index contributed by atoms with van der Waals surface area (Å²) in [6, 6.07) is 6.18. The van der Waals surface area contributed by atoms with Gasteiger partial charge in [-0.25, -0.2) is 0 Å². The highest BCUT2D eigenvalue weighted by molar-refractivity contribution is 5.98. The number of carbonyl (C=O) groups excluding carboxylic acids is 1. The van der Waals surface area contributed by atoms with Crippen molar-refractivity contribution in [2.24, 2.45) is 11.8 Å². The number of carbonyl (C=O) groups is 1. The second-order valence-corrected chi connectivity index (χ2v) is 5.82. The Hall–Kier alpha value is -1.75. The molecule has 0 radical (unpaired) electrons. The average molecular weight is 290 g/mol. The summed E-state index contributed by atoms with van der Waals surface area (Å²) in [6.07, 6.45) is 3.29. The van der Waals surface area contributed by atoms with E-state index in [1.807, 2.05) is 6.92 Å². The highest BCUT2D eigenvalue weighted by Crippen LogP contribution is 2.26. The maximum atomic E-state index is 12.6. The summed E-state index contributed by atoms with van der Waals surface area (Å²) < 4.78 is 0. The number of Topliss-reactive ketones (excluding diaryl/α,β-unsaturated/α-hetero) is 1. The van der Waals surface area contributed by atoms with Crippen LogP contribution in [0.2, 0.25) is 0 Å². The molecule has 1 aliphatic heterocycles. The molecule has 0 aliphatic carbocycles. The van der Waals surface area contributed by atoms with Gasteiger partial charge in [-0.15, -0.1) is 0 Å². The summed E-state index contributed by atoms with van der Waals surface area (Å²) in [6.45, 7) is 5.03. The number of nitro benzene ring substituents is 1. The highest BCUT2D eigenvalue weighted by atomic mass is 16.6. The summed E-state index contributed by atoms with van der Waals surface area (Å²) in [4.78, 5) is 22.9. The lowest BCUT2D eigenvalue weighted by Gasteiger charge is -2.33. The Morgan fingerprint density at radius 1 is 1.52 bits per heavy atom. The zero-order valence-corrected chi connectivity index (χ0v) is 12.5. The largest absolute Gasteiger partial charge is 0.313 e. The van der Waals surface area contributed by atoms with E-state index in [1.165, 1.54) is 12.1 Å². The zero-order valence-electron chi connectivity index (χ0n) is 12.5. The normalized spacial score (nSPS) is 23.5. The van der Waals surface area contributed by atoms with Gasteiger partial charge in [0.25, 0.3) is 5.69 Å². The van der Waals surface area contributed by atoms with Crippen LogP contribution in [0.3, 0.4) is 0 Å². The Balaban J connectivity index is 2.11. The number of rotatable bonds is 5. The minimum Gasteiger partial charge on any atom is -0.313 e. The number of nitrogens with one attached hydrogen (secondary N) is 1. The van der Waals surface area contributed by atoms with Crippen LogP contribution in [0.15, 0.2) is 24.3 Å². The molecule has 0 amide bonds. The number of benzene rings is 1. The molecule has 5 nitrogen and oxygen atoms in total. The Labute approximate surface area is 124 Å². The van der Waals surface area contributed by atoms with Crippen molar-refractivity contribution in [3.05, 3.63) is 39.9 Å². The molecule has 3 unspecified atom stereocenters. The minimum absolute atomic E-state index is 0.0204. The van der Waals surface area contributed by atoms with E-state index in [0.717, 1.165) is 25.8 Å². The number of nitro groups is 1. The molecule has 3 atom stereocenters. The third kappa shape index (κ3) is 3.67. The molecule has 2 rings (SSSR count). The van der Waals surface area contributed by atoms with E-state index in [4.69, 9.17) is 0 Å². The molecule has 1 aromatic rings. The summed E-state index contributed by atoms with van der Waals surface area (Å²) in [5, 5.41) is 14.2. The Kier molecular flexibility index (Phi) is 5.07. The van der Waals surface area contributed by atoms with Crippen LogP contribution in [-0.4, -0.2) is 23.3 Å². The van der Waals surface area contributed by atoms with Gasteiger partial charge >= 0.3 is 0 Å². The average Bonchev–Trinajstić information content (AvgIpc) is 2.53. The molecule has 1 aliphatic rings. The molecule has 114 valence electrons. The van der Waals surface area contributed by atoms with Crippen molar-refractivity contribution in [2.75, 3.05) is 6.54 Å². The van der Waals surface area contributed by atoms with E-state index in [2.05, 4.69) is 12.2 Å². The van der Waals surface area contributed by atoms with E-state index in [-0.39, 0.29) is 23.4 Å². The number of nitrogens with zero attached hydrogens (tertiary/aromatic N) is 1. The Morgan fingerprint density at radius 2 is 2.29 bits per heavy atom. The van der Waals surface area contributed by atoms with Gasteiger partial charge in [0.15, 0.2) is 5.78 Å². The molecule has 1 saturated heterocycles. The fourth-order valence-electron chi connectivity index (χ4n) is 3.00. The maximum Gasteiger partial charge on any atom is 0.270 e. The van der Waals surface area contributed by atoms with Crippen LogP contribution in [0, 0.1) is 22.0 Å². The molecular weight excluding hydrogens is 268 g/mol. The number of hydrogen-bond donors (Lipinski definition) is 1. The van der Waals surface area contributed by atoms with E-state index >= 15 is 0 Å². The minimum atomic E-state index is -0.465. The van der Waals surface area contributed by atoms with Crippen LogP contribution in [-0.2, 0) is 0 Å². The van der Waals surface area contributed by atoms with Gasteiger partial charge in [-0.3, -0.25) is 14.9 Å². The first kappa shape index (κ1) is 15.6. The summed E-state index contributed by atoms with van der Waals surface area (Å²) >= 11 is 0. The fourth-order valence-corrected chi connectivity index (χ4v) is 3.00. The van der Waals surface area contributed by atoms with E-state index < -0.39 is 4.92 Å². The molecule has 1 heterocycles. The zero-order chi connectivity index (χ0) is 15.4. The standard InChI is InChI=1S/C16H22N2O3/c1-3-12-7-8-17-15(9-12)11(2)16(19)13-5-4-6-14(10-13)18(20)21/h4-6,10-12,15,17H,3,7-9H2,1-2H3. The Bertz CT molecular complexity index is 530. The molecule has 1 fully saturated rings. The second-order valence-electron chi connectivity index (χ2n) is 5.82. The van der Waals surface area contributed by atoms with Gasteiger partial charge in [-0.1, -0.05) is 32.4 Å². The van der Waals surface area contributed by atoms with Crippen molar-refractivity contribution in [1.82, 2.24) is 5.32 Å². The summed E-state index contributed by atoms with van der Waals surface area (Å²) in [5.74, 6) is 0.478. The van der Waals surface area contributed by atoms with E-state index in [0.29, 0.717) is 11.5 Å². The van der Waals surface area contributed by atoms with Gasteiger partial charge < -0.3 is 5.32 Å². The molecular formula is C16H22N2O3. The van der Waals surface area contributed by atoms with Gasteiger partial charge in [0.2, 0.25) is 0 Å². The number of ketones is 1. The SMILES string of the molecule is CCC1CCNC(C(C)C(=O)c2cccc([N+](=O)[O-])c2)C1. The first-order valence-corrected chi connectivity index (χ1v) is 7.55. The van der Waals surface area contributed by atoms with Crippen molar-refractivity contribution in [3.8, 4) is 0 Å². The monoisotopic (exact) mass is 290 g/mol. The first-order chi connectivity index (χ1) is 10.0. The van der Waals surface area contributed by atoms with Crippen molar-refractivity contribution in [1.29, 1.82) is 0 Å². The topological polar surface area (TPSA) is 72.2 Å². The van der Waals surface area contributed by atoms with Crippen LogP contribution in [0.1, 0.15) is 43.5 Å². The van der Waals surface area contributed by atoms with Crippen LogP contribution in [0.5, 0.6) is 0 Å². The van der Waals surface area contributed by atoms with Crippen LogP contribution in [0.4, 0.5) is 5.69 Å². The third-order valence-corrected chi connectivity index (χ3v) is 4.48. The molecule has 0 spiro atoms. The quantitative estimate of drug-likeness (QED) is 0.513. The highest BCUT2D eigenvalue weighted by Gasteiger charge is 2.29. The summed E-state index contributed by atoms with van der Waals surface area (Å²) in [7, 11) is 0. The van der Waals surface area contributed by atoms with Crippen molar-refractivity contribution < 1.29 is 9.72 Å². The fraction of sp³-hybridized carbons (Fsp3) is 0.562. The molecule has 0 bridgehead atoms. The number of hydrogen-bond acceptors (Lipinski definition) is 4. The van der Waals surface area contributed by atoms with Gasteiger partial charge in [-0.2, -0.15) is 0 Å². The van der Waals surface area contributed by atoms with Crippen molar-refractivity contribution >= 4 is 11.5 Å². The van der Waals surface area contributed by atoms with Crippen LogP contribution >= 0.6 is 0 Å². The van der Waals surface area contributed by atoms with Crippen molar-refractivity contribution in [3.63, 3.8) is 0 Å². The summed E-state index contributed by atoms with van der Waals surface area (Å²) in [5.41, 5.74) is 0.396. The maximum absolute atomic E-state index is 12.6. The van der Waals surface area contributed by atoms with Crippen LogP contribution < -0.4 is 5.32 Å². The lowest BCUT2D eigenvalue weighted by atomic mass is 9.82. The van der Waals surface area contributed by atoms with Gasteiger partial charge in [-0.05, 0) is 25.3 Å². The smallest absolute Gasteiger partial charge is 0.270 e. The molecule has 21 heavy (non-hydrogen) atoms. The number of non-ortho nitro benzene ring substituents is 1. The predicted molar refractivity (Wildman–Crippen MR) is 81.4 cm³/mol. The lowest BCUT2D eigenvalue weighted by Crippen LogP contribution is -2.44. The van der Waals surface area contributed by atoms with Crippen LogP contribution in [0.25, 0.3) is 0 Å². The second kappa shape index (κ2) is 6.80. The number of piperidine rings is 1. The van der Waals surface area contributed by atoms with Gasteiger partial charge in [0, 0.05) is 29.7 Å². The van der Waals surface area contributed by atoms with E-state index in [1.54, 1.807) is 12.1 Å². The van der Waals surface area contributed by atoms with Crippen molar-refractivity contribution in [2.45, 2.75) is 39.2 Å². The lowest BCUT2D eigenvalue weighted by molar-refractivity contribution is -0.384. The molecule has 5 heteroatoms. The first-order valence-electron chi connectivity index (χ1n) is 7.55. The predicted octanol–water partition coefficient (Wildman–Crippen LogP) is 3.19. The van der Waals surface area contributed by atoms with E-state index in [9.17, 15) is 14.9 Å². The molecule has 0 aromatic heterocycles. The molecule has 1 aromatic carbocycles. The third-order valence-electron chi connectivity index (χ3n) is 4.48. The Morgan fingerprint density at radius 3 is 2.95 bits per heavy atom. The molecule has 0 saturated carbocycles. The van der Waals surface area contributed by atoms with Gasteiger partial charge in [0.1, 0.15) is 0 Å².